The number of ether oxygens (including phenoxy) is 1. The fraction of sp³-hybridized carbons (Fsp3) is 0.286. The van der Waals surface area contributed by atoms with Crippen molar-refractivity contribution in [3.63, 3.8) is 0 Å². The summed E-state index contributed by atoms with van der Waals surface area (Å²) >= 11 is 0. The third-order valence-corrected chi connectivity index (χ3v) is 4.93. The van der Waals surface area contributed by atoms with Gasteiger partial charge in [0, 0.05) is 19.0 Å². The van der Waals surface area contributed by atoms with Crippen LogP contribution in [-0.4, -0.2) is 28.5 Å². The van der Waals surface area contributed by atoms with Crippen LogP contribution in [0.3, 0.4) is 0 Å². The second-order valence-corrected chi connectivity index (χ2v) is 6.80. The van der Waals surface area contributed by atoms with E-state index in [0.29, 0.717) is 23.8 Å². The zero-order valence-corrected chi connectivity index (χ0v) is 15.4. The van der Waals surface area contributed by atoms with Gasteiger partial charge in [-0.2, -0.15) is 0 Å². The SMILES string of the molecule is C[C@@H](c1ccccc1)N1C[C@H](C(=O)OCc2cc(-c3ccco3)on2)CC1=O. The second kappa shape index (κ2) is 7.72. The van der Waals surface area contributed by atoms with Crippen LogP contribution in [0.4, 0.5) is 0 Å². The van der Waals surface area contributed by atoms with E-state index in [4.69, 9.17) is 13.7 Å². The summed E-state index contributed by atoms with van der Waals surface area (Å²) in [6.07, 6.45) is 1.70. The third kappa shape index (κ3) is 3.69. The highest BCUT2D eigenvalue weighted by Gasteiger charge is 2.38. The maximum atomic E-state index is 12.4. The van der Waals surface area contributed by atoms with Gasteiger partial charge in [-0.3, -0.25) is 9.59 Å². The number of hydrogen-bond donors (Lipinski definition) is 0. The highest BCUT2D eigenvalue weighted by Crippen LogP contribution is 2.29. The van der Waals surface area contributed by atoms with Gasteiger partial charge in [0.15, 0.2) is 5.76 Å². The molecule has 1 fully saturated rings. The Balaban J connectivity index is 1.34. The summed E-state index contributed by atoms with van der Waals surface area (Å²) in [6, 6.07) is 14.8. The van der Waals surface area contributed by atoms with Gasteiger partial charge < -0.3 is 18.6 Å². The van der Waals surface area contributed by atoms with Gasteiger partial charge in [-0.1, -0.05) is 35.5 Å². The predicted molar refractivity (Wildman–Crippen MR) is 98.7 cm³/mol. The maximum Gasteiger partial charge on any atom is 0.311 e. The first-order valence-electron chi connectivity index (χ1n) is 9.12. The number of aromatic nitrogens is 1. The maximum absolute atomic E-state index is 12.4. The Morgan fingerprint density at radius 1 is 1.25 bits per heavy atom. The number of carbonyl (C=O) groups is 2. The molecular formula is C21H20N2O5. The zero-order chi connectivity index (χ0) is 19.5. The molecule has 1 saturated heterocycles. The topological polar surface area (TPSA) is 85.8 Å². The highest BCUT2D eigenvalue weighted by molar-refractivity contribution is 5.87. The van der Waals surface area contributed by atoms with E-state index in [1.165, 1.54) is 6.26 Å². The molecule has 1 aromatic carbocycles. The zero-order valence-electron chi connectivity index (χ0n) is 15.4. The smallest absolute Gasteiger partial charge is 0.311 e. The number of amides is 1. The number of benzene rings is 1. The van der Waals surface area contributed by atoms with Crippen LogP contribution >= 0.6 is 0 Å². The van der Waals surface area contributed by atoms with Gasteiger partial charge in [-0.15, -0.1) is 0 Å². The molecule has 1 amide bonds. The highest BCUT2D eigenvalue weighted by atomic mass is 16.5. The van der Waals surface area contributed by atoms with Gasteiger partial charge in [0.25, 0.3) is 0 Å². The molecule has 7 nitrogen and oxygen atoms in total. The van der Waals surface area contributed by atoms with E-state index < -0.39 is 11.9 Å². The summed E-state index contributed by atoms with van der Waals surface area (Å²) in [4.78, 5) is 26.5. The van der Waals surface area contributed by atoms with Crippen LogP contribution in [0, 0.1) is 5.92 Å². The lowest BCUT2D eigenvalue weighted by Crippen LogP contribution is -2.29. The van der Waals surface area contributed by atoms with Crippen LogP contribution in [0.5, 0.6) is 0 Å². The number of carbonyl (C=O) groups excluding carboxylic acids is 2. The molecule has 1 aliphatic rings. The first-order valence-corrected chi connectivity index (χ1v) is 9.12. The summed E-state index contributed by atoms with van der Waals surface area (Å²) in [7, 11) is 0. The summed E-state index contributed by atoms with van der Waals surface area (Å²) in [6.45, 7) is 2.30. The van der Waals surface area contributed by atoms with E-state index >= 15 is 0 Å². The largest absolute Gasteiger partial charge is 0.461 e. The van der Waals surface area contributed by atoms with E-state index in [9.17, 15) is 9.59 Å². The summed E-state index contributed by atoms with van der Waals surface area (Å²) < 4.78 is 15.8. The molecule has 2 aromatic heterocycles. The van der Waals surface area contributed by atoms with Crippen LogP contribution in [0.25, 0.3) is 11.5 Å². The number of esters is 1. The standard InChI is InChI=1S/C21H20N2O5/c1-14(15-6-3-2-4-7-15)23-12-16(10-20(23)24)21(25)27-13-17-11-19(28-22-17)18-8-5-9-26-18/h2-9,11,14,16H,10,12-13H2,1H3/t14-,16+/m0/s1. The van der Waals surface area contributed by atoms with Crippen molar-refractivity contribution < 1.29 is 23.3 Å². The van der Waals surface area contributed by atoms with Crippen LogP contribution < -0.4 is 0 Å². The lowest BCUT2D eigenvalue weighted by Gasteiger charge is -2.25. The van der Waals surface area contributed by atoms with Crippen molar-refractivity contribution in [1.29, 1.82) is 0 Å². The molecule has 0 aliphatic carbocycles. The van der Waals surface area contributed by atoms with Crippen molar-refractivity contribution in [3.05, 3.63) is 66.1 Å². The monoisotopic (exact) mass is 380 g/mol. The molecule has 28 heavy (non-hydrogen) atoms. The molecular weight excluding hydrogens is 360 g/mol. The normalized spacial score (nSPS) is 17.7. The fourth-order valence-corrected chi connectivity index (χ4v) is 3.35. The van der Waals surface area contributed by atoms with Gasteiger partial charge in [-0.25, -0.2) is 0 Å². The second-order valence-electron chi connectivity index (χ2n) is 6.80. The van der Waals surface area contributed by atoms with Crippen molar-refractivity contribution in [1.82, 2.24) is 10.1 Å². The van der Waals surface area contributed by atoms with Gasteiger partial charge in [0.2, 0.25) is 11.7 Å². The van der Waals surface area contributed by atoms with E-state index in [1.807, 2.05) is 37.3 Å². The summed E-state index contributed by atoms with van der Waals surface area (Å²) in [5.41, 5.74) is 1.52. The molecule has 0 N–H and O–H groups in total. The number of furan rings is 1. The lowest BCUT2D eigenvalue weighted by molar-refractivity contribution is -0.149. The summed E-state index contributed by atoms with van der Waals surface area (Å²) in [5.74, 6) is 0.0978. The molecule has 144 valence electrons. The third-order valence-electron chi connectivity index (χ3n) is 4.93. The lowest BCUT2D eigenvalue weighted by atomic mass is 10.1. The molecule has 3 heterocycles. The van der Waals surface area contributed by atoms with Crippen LogP contribution in [-0.2, 0) is 20.9 Å². The van der Waals surface area contributed by atoms with Gasteiger partial charge >= 0.3 is 5.97 Å². The van der Waals surface area contributed by atoms with Crippen LogP contribution in [0.15, 0.2) is 63.7 Å². The average molecular weight is 380 g/mol. The van der Waals surface area contributed by atoms with Crippen molar-refractivity contribution in [2.75, 3.05) is 6.54 Å². The van der Waals surface area contributed by atoms with Crippen LogP contribution in [0.2, 0.25) is 0 Å². The predicted octanol–water partition coefficient (Wildman–Crippen LogP) is 3.59. The number of rotatable bonds is 6. The van der Waals surface area contributed by atoms with E-state index in [1.54, 1.807) is 23.1 Å². The minimum atomic E-state index is -0.477. The number of nitrogens with zero attached hydrogens (tertiary/aromatic N) is 2. The number of hydrogen-bond acceptors (Lipinski definition) is 6. The van der Waals surface area contributed by atoms with E-state index in [-0.39, 0.29) is 25.0 Å². The number of likely N-dealkylation sites (tertiary alicyclic amines) is 1. The molecule has 0 bridgehead atoms. The molecule has 4 rings (SSSR count). The molecule has 7 heteroatoms. The molecule has 2 atom stereocenters. The molecule has 0 saturated carbocycles. The Kier molecular flexibility index (Phi) is 4.97. The van der Waals surface area contributed by atoms with Crippen molar-refractivity contribution in [2.24, 2.45) is 5.92 Å². The Morgan fingerprint density at radius 2 is 2.07 bits per heavy atom. The molecule has 0 unspecified atom stereocenters. The molecule has 1 aliphatic heterocycles. The Bertz CT molecular complexity index is 948. The first kappa shape index (κ1) is 18.0. The van der Waals surface area contributed by atoms with E-state index in [2.05, 4.69) is 5.16 Å². The van der Waals surface area contributed by atoms with Crippen molar-refractivity contribution in [2.45, 2.75) is 26.0 Å². The molecule has 3 aromatic rings. The van der Waals surface area contributed by atoms with Crippen molar-refractivity contribution in [3.8, 4) is 11.5 Å². The summed E-state index contributed by atoms with van der Waals surface area (Å²) in [5, 5.41) is 3.88. The van der Waals surface area contributed by atoms with Gasteiger partial charge in [0.1, 0.15) is 12.3 Å². The minimum Gasteiger partial charge on any atom is -0.461 e. The molecule has 0 spiro atoms. The van der Waals surface area contributed by atoms with Gasteiger partial charge in [0.05, 0.1) is 18.2 Å². The van der Waals surface area contributed by atoms with E-state index in [0.717, 1.165) is 5.56 Å². The quantitative estimate of drug-likeness (QED) is 0.608. The first-order chi connectivity index (χ1) is 13.6. The minimum absolute atomic E-state index is 0.0119. The fourth-order valence-electron chi connectivity index (χ4n) is 3.35. The van der Waals surface area contributed by atoms with Crippen molar-refractivity contribution >= 4 is 11.9 Å². The molecule has 0 radical (unpaired) electrons. The Morgan fingerprint density at radius 3 is 2.82 bits per heavy atom. The van der Waals surface area contributed by atoms with Gasteiger partial charge in [-0.05, 0) is 24.6 Å². The average Bonchev–Trinajstić information content (AvgIpc) is 3.46. The Labute approximate surface area is 161 Å². The Hall–Kier alpha value is -3.35. The van der Waals surface area contributed by atoms with Crippen LogP contribution in [0.1, 0.15) is 30.6 Å².